The van der Waals surface area contributed by atoms with Crippen molar-refractivity contribution in [3.05, 3.63) is 16.1 Å². The Morgan fingerprint density at radius 1 is 1.48 bits per heavy atom. The second-order valence-corrected chi connectivity index (χ2v) is 5.88. The topological polar surface area (TPSA) is 59.0 Å². The fraction of sp³-hybridized carbons (Fsp3) is 0.733. The third-order valence-corrected chi connectivity index (χ3v) is 4.19. The number of methoxy groups -OCH3 is 2. The van der Waals surface area contributed by atoms with Crippen LogP contribution in [-0.2, 0) is 16.0 Å². The lowest BCUT2D eigenvalue weighted by Crippen LogP contribution is -2.38. The van der Waals surface area contributed by atoms with Crippen LogP contribution in [0.25, 0.3) is 0 Å². The number of nitrogens with zero attached hydrogens (tertiary/aromatic N) is 3. The average molecular weight is 456 g/mol. The summed E-state index contributed by atoms with van der Waals surface area (Å²) in [4.78, 5) is 11.3. The van der Waals surface area contributed by atoms with Crippen LogP contribution in [0.3, 0.4) is 0 Å². The number of aromatic nitrogens is 1. The van der Waals surface area contributed by atoms with Gasteiger partial charge in [0.15, 0.2) is 5.96 Å². The third kappa shape index (κ3) is 8.27. The lowest BCUT2D eigenvalue weighted by atomic mass is 10.4. The molecule has 23 heavy (non-hydrogen) atoms. The molecule has 6 nitrogen and oxygen atoms in total. The Balaban J connectivity index is 0.00000484. The zero-order chi connectivity index (χ0) is 16.4. The van der Waals surface area contributed by atoms with Crippen molar-refractivity contribution in [1.29, 1.82) is 0 Å². The number of ether oxygens (including phenoxy) is 2. The maximum absolute atomic E-state index is 5.30. The van der Waals surface area contributed by atoms with Gasteiger partial charge in [-0.15, -0.1) is 35.3 Å². The molecule has 1 heterocycles. The van der Waals surface area contributed by atoms with Crippen LogP contribution in [0.4, 0.5) is 0 Å². The number of aliphatic imine (C=N–C) groups is 1. The van der Waals surface area contributed by atoms with Crippen molar-refractivity contribution in [3.8, 4) is 0 Å². The van der Waals surface area contributed by atoms with Gasteiger partial charge in [0.05, 0.1) is 12.2 Å². The number of halogens is 1. The minimum atomic E-state index is 0. The van der Waals surface area contributed by atoms with Crippen LogP contribution in [0.1, 0.15) is 37.1 Å². The van der Waals surface area contributed by atoms with E-state index in [1.165, 1.54) is 0 Å². The second-order valence-electron chi connectivity index (χ2n) is 4.99. The molecule has 8 heteroatoms. The number of hydrogen-bond acceptors (Lipinski definition) is 5. The van der Waals surface area contributed by atoms with Crippen molar-refractivity contribution < 1.29 is 9.47 Å². The summed E-state index contributed by atoms with van der Waals surface area (Å²) in [6.07, 6.45) is 0.964. The molecule has 0 saturated carbocycles. The van der Waals surface area contributed by atoms with E-state index in [2.05, 4.69) is 32.5 Å². The fourth-order valence-electron chi connectivity index (χ4n) is 1.86. The monoisotopic (exact) mass is 456 g/mol. The average Bonchev–Trinajstić information content (AvgIpc) is 2.98. The van der Waals surface area contributed by atoms with Crippen LogP contribution in [0.15, 0.2) is 10.4 Å². The Morgan fingerprint density at radius 2 is 2.22 bits per heavy atom. The molecule has 1 aromatic heterocycles. The molecular weight excluding hydrogens is 427 g/mol. The van der Waals surface area contributed by atoms with Gasteiger partial charge >= 0.3 is 0 Å². The quantitative estimate of drug-likeness (QED) is 0.268. The first-order valence-electron chi connectivity index (χ1n) is 7.57. The van der Waals surface area contributed by atoms with Gasteiger partial charge in [-0.05, 0) is 20.3 Å². The summed E-state index contributed by atoms with van der Waals surface area (Å²) >= 11 is 1.63. The number of rotatable bonds is 9. The molecule has 1 N–H and O–H groups in total. The smallest absolute Gasteiger partial charge is 0.194 e. The molecular formula is C15H29IN4O2S. The second kappa shape index (κ2) is 12.9. The Bertz CT molecular complexity index is 456. The molecule has 0 aromatic carbocycles. The van der Waals surface area contributed by atoms with Crippen molar-refractivity contribution in [3.63, 3.8) is 0 Å². The van der Waals surface area contributed by atoms with E-state index in [1.54, 1.807) is 25.6 Å². The molecule has 134 valence electrons. The van der Waals surface area contributed by atoms with E-state index in [-0.39, 0.29) is 30.1 Å². The fourth-order valence-corrected chi connectivity index (χ4v) is 2.71. The normalized spacial score (nSPS) is 12.7. The molecule has 0 bridgehead atoms. The summed E-state index contributed by atoms with van der Waals surface area (Å²) in [6, 6.07) is 0. The molecule has 0 aliphatic carbocycles. The van der Waals surface area contributed by atoms with Crippen molar-refractivity contribution in [2.75, 3.05) is 41.0 Å². The van der Waals surface area contributed by atoms with Crippen LogP contribution in [0, 0.1) is 0 Å². The molecule has 1 rings (SSSR count). The van der Waals surface area contributed by atoms with E-state index in [1.807, 2.05) is 14.0 Å². The standard InChI is InChI=1S/C15H28N4O2S.HI/c1-6-16-15(17-8-7-9-20-4)19(3)10-13-11-22-14(18-13)12(2)21-5;/h11-12H,6-10H2,1-5H3,(H,16,17);1H. The first-order chi connectivity index (χ1) is 10.6. The van der Waals surface area contributed by atoms with Gasteiger partial charge in [-0.3, -0.25) is 4.99 Å². The van der Waals surface area contributed by atoms with E-state index in [0.29, 0.717) is 0 Å². The zero-order valence-electron chi connectivity index (χ0n) is 14.7. The third-order valence-electron chi connectivity index (χ3n) is 3.13. The summed E-state index contributed by atoms with van der Waals surface area (Å²) in [6.45, 7) is 7.13. The van der Waals surface area contributed by atoms with E-state index in [0.717, 1.165) is 49.3 Å². The van der Waals surface area contributed by atoms with Crippen molar-refractivity contribution in [2.24, 2.45) is 4.99 Å². The van der Waals surface area contributed by atoms with Crippen LogP contribution >= 0.6 is 35.3 Å². The number of thiazole rings is 1. The van der Waals surface area contributed by atoms with Gasteiger partial charge in [0.2, 0.25) is 0 Å². The van der Waals surface area contributed by atoms with Crippen LogP contribution in [0.2, 0.25) is 0 Å². The zero-order valence-corrected chi connectivity index (χ0v) is 17.8. The van der Waals surface area contributed by atoms with Gasteiger partial charge in [-0.2, -0.15) is 0 Å². The van der Waals surface area contributed by atoms with Crippen LogP contribution < -0.4 is 5.32 Å². The minimum absolute atomic E-state index is 0. The summed E-state index contributed by atoms with van der Waals surface area (Å²) in [5, 5.41) is 6.39. The molecule has 0 aliphatic heterocycles. The Labute approximate surface area is 160 Å². The number of nitrogens with one attached hydrogen (secondary N) is 1. The van der Waals surface area contributed by atoms with E-state index in [4.69, 9.17) is 9.47 Å². The van der Waals surface area contributed by atoms with E-state index < -0.39 is 0 Å². The van der Waals surface area contributed by atoms with Crippen LogP contribution in [0.5, 0.6) is 0 Å². The Hall–Kier alpha value is -0.450. The lowest BCUT2D eigenvalue weighted by Gasteiger charge is -2.21. The Kier molecular flexibility index (Phi) is 12.7. The van der Waals surface area contributed by atoms with Gasteiger partial charge in [-0.25, -0.2) is 4.98 Å². The van der Waals surface area contributed by atoms with Gasteiger partial charge in [0.25, 0.3) is 0 Å². The van der Waals surface area contributed by atoms with Gasteiger partial charge < -0.3 is 19.7 Å². The van der Waals surface area contributed by atoms with Crippen molar-refractivity contribution in [1.82, 2.24) is 15.2 Å². The summed E-state index contributed by atoms with van der Waals surface area (Å²) in [7, 11) is 5.44. The molecule has 0 radical (unpaired) electrons. The molecule has 1 unspecified atom stereocenters. The van der Waals surface area contributed by atoms with Crippen LogP contribution in [-0.4, -0.2) is 56.8 Å². The molecule has 0 spiro atoms. The molecule has 0 fully saturated rings. The SMILES string of the molecule is CCNC(=NCCCOC)N(C)Cc1csc(C(C)OC)n1.I. The predicted octanol–water partition coefficient (Wildman–Crippen LogP) is 2.90. The molecule has 0 aliphatic rings. The number of hydrogen-bond donors (Lipinski definition) is 1. The summed E-state index contributed by atoms with van der Waals surface area (Å²) in [5.41, 5.74) is 1.04. The first-order valence-corrected chi connectivity index (χ1v) is 8.45. The molecule has 1 atom stereocenters. The highest BCUT2D eigenvalue weighted by atomic mass is 127. The van der Waals surface area contributed by atoms with Gasteiger partial charge in [-0.1, -0.05) is 0 Å². The highest BCUT2D eigenvalue weighted by Gasteiger charge is 2.12. The van der Waals surface area contributed by atoms with Gasteiger partial charge in [0.1, 0.15) is 11.1 Å². The predicted molar refractivity (Wildman–Crippen MR) is 107 cm³/mol. The summed E-state index contributed by atoms with van der Waals surface area (Å²) < 4.78 is 10.4. The molecule has 0 amide bonds. The van der Waals surface area contributed by atoms with Crippen molar-refractivity contribution >= 4 is 41.3 Å². The Morgan fingerprint density at radius 3 is 2.83 bits per heavy atom. The first kappa shape index (κ1) is 22.6. The maximum atomic E-state index is 5.30. The van der Waals surface area contributed by atoms with Gasteiger partial charge in [0, 0.05) is 46.3 Å². The summed E-state index contributed by atoms with van der Waals surface area (Å²) in [5.74, 6) is 0.896. The lowest BCUT2D eigenvalue weighted by molar-refractivity contribution is 0.119. The number of guanidine groups is 1. The highest BCUT2D eigenvalue weighted by Crippen LogP contribution is 2.20. The minimum Gasteiger partial charge on any atom is -0.385 e. The van der Waals surface area contributed by atoms with Crippen molar-refractivity contribution in [2.45, 2.75) is 32.9 Å². The maximum Gasteiger partial charge on any atom is 0.194 e. The molecule has 0 saturated heterocycles. The van der Waals surface area contributed by atoms with E-state index in [9.17, 15) is 0 Å². The highest BCUT2D eigenvalue weighted by molar-refractivity contribution is 14.0. The van der Waals surface area contributed by atoms with E-state index >= 15 is 0 Å². The largest absolute Gasteiger partial charge is 0.385 e. The molecule has 1 aromatic rings.